The zero-order chi connectivity index (χ0) is 20.6. The smallest absolute Gasteiger partial charge is 0.308 e. The number of hydrogen-bond acceptors (Lipinski definition) is 4. The van der Waals surface area contributed by atoms with Crippen LogP contribution in [-0.2, 0) is 14.3 Å². The highest BCUT2D eigenvalue weighted by atomic mass is 16.5. The molecule has 1 aliphatic carbocycles. The van der Waals surface area contributed by atoms with E-state index in [9.17, 15) is 14.4 Å². The van der Waals surface area contributed by atoms with Gasteiger partial charge in [0.2, 0.25) is 0 Å². The van der Waals surface area contributed by atoms with Crippen LogP contribution in [-0.4, -0.2) is 30.9 Å². The third-order valence-corrected chi connectivity index (χ3v) is 4.94. The Kier molecular flexibility index (Phi) is 7.00. The first-order valence-corrected chi connectivity index (χ1v) is 9.88. The Bertz CT molecular complexity index is 862. The van der Waals surface area contributed by atoms with Crippen molar-refractivity contribution in [3.05, 3.63) is 71.3 Å². The van der Waals surface area contributed by atoms with Crippen molar-refractivity contribution in [2.45, 2.75) is 32.2 Å². The number of carbonyl (C=O) groups excluding carboxylic acids is 3. The highest BCUT2D eigenvalue weighted by Gasteiger charge is 2.33. The van der Waals surface area contributed by atoms with Crippen LogP contribution in [0.1, 0.15) is 46.8 Å². The van der Waals surface area contributed by atoms with Crippen LogP contribution in [0, 0.1) is 12.8 Å². The highest BCUT2D eigenvalue weighted by molar-refractivity contribution is 5.95. The summed E-state index contributed by atoms with van der Waals surface area (Å²) in [6.45, 7) is 1.69. The van der Waals surface area contributed by atoms with Gasteiger partial charge in [0.25, 0.3) is 11.8 Å². The van der Waals surface area contributed by atoms with Crippen molar-refractivity contribution in [3.63, 3.8) is 0 Å². The maximum atomic E-state index is 12.2. The first kappa shape index (κ1) is 20.6. The van der Waals surface area contributed by atoms with E-state index >= 15 is 0 Å². The molecule has 1 saturated carbocycles. The first-order valence-electron chi connectivity index (χ1n) is 9.88. The molecule has 2 aromatic rings. The van der Waals surface area contributed by atoms with Crippen molar-refractivity contribution < 1.29 is 19.1 Å². The number of rotatable bonds is 9. The predicted molar refractivity (Wildman–Crippen MR) is 109 cm³/mol. The number of aryl methyl sites for hydroxylation is 1. The molecule has 0 heterocycles. The third kappa shape index (κ3) is 6.17. The average Bonchev–Trinajstić information content (AvgIpc) is 3.56. The van der Waals surface area contributed by atoms with E-state index in [4.69, 9.17) is 4.74 Å². The van der Waals surface area contributed by atoms with Gasteiger partial charge >= 0.3 is 5.97 Å². The standard InChI is InChI=1S/C23H26N2O4/c1-16-7-5-6-10-19(16)23(28)24-14-13-21(27)29-15-20(26)25-22(18-11-12-18)17-8-3-2-4-9-17/h2-10,18,22H,11-15H2,1H3,(H,24,28)(H,25,26). The Morgan fingerprint density at radius 2 is 1.72 bits per heavy atom. The van der Waals surface area contributed by atoms with E-state index in [-0.39, 0.29) is 37.4 Å². The van der Waals surface area contributed by atoms with Gasteiger partial charge in [0.15, 0.2) is 6.61 Å². The van der Waals surface area contributed by atoms with E-state index in [1.807, 2.05) is 49.4 Å². The molecule has 2 amide bonds. The summed E-state index contributed by atoms with van der Waals surface area (Å²) in [6.07, 6.45) is 2.18. The molecule has 2 aromatic carbocycles. The van der Waals surface area contributed by atoms with E-state index in [2.05, 4.69) is 10.6 Å². The SMILES string of the molecule is Cc1ccccc1C(=O)NCCC(=O)OCC(=O)NC(c1ccccc1)C1CC1. The summed E-state index contributed by atoms with van der Waals surface area (Å²) in [6, 6.07) is 17.0. The lowest BCUT2D eigenvalue weighted by Gasteiger charge is -2.18. The molecule has 1 aliphatic rings. The van der Waals surface area contributed by atoms with Gasteiger partial charge in [0.05, 0.1) is 12.5 Å². The molecule has 3 rings (SSSR count). The van der Waals surface area contributed by atoms with Gasteiger partial charge < -0.3 is 15.4 Å². The molecule has 6 heteroatoms. The zero-order valence-corrected chi connectivity index (χ0v) is 16.5. The fraction of sp³-hybridized carbons (Fsp3) is 0.348. The third-order valence-electron chi connectivity index (χ3n) is 4.94. The quantitative estimate of drug-likeness (QED) is 0.641. The van der Waals surface area contributed by atoms with Crippen molar-refractivity contribution >= 4 is 17.8 Å². The number of ether oxygens (including phenoxy) is 1. The Hall–Kier alpha value is -3.15. The molecule has 1 unspecified atom stereocenters. The van der Waals surface area contributed by atoms with Crippen molar-refractivity contribution in [2.24, 2.45) is 5.92 Å². The maximum absolute atomic E-state index is 12.2. The van der Waals surface area contributed by atoms with Crippen molar-refractivity contribution in [1.29, 1.82) is 0 Å². The van der Waals surface area contributed by atoms with Crippen LogP contribution in [0.25, 0.3) is 0 Å². The van der Waals surface area contributed by atoms with Crippen LogP contribution in [0.2, 0.25) is 0 Å². The van der Waals surface area contributed by atoms with Crippen LogP contribution in [0.4, 0.5) is 0 Å². The minimum Gasteiger partial charge on any atom is -0.456 e. The number of benzene rings is 2. The van der Waals surface area contributed by atoms with Crippen LogP contribution >= 0.6 is 0 Å². The Morgan fingerprint density at radius 3 is 2.41 bits per heavy atom. The molecule has 1 fully saturated rings. The van der Waals surface area contributed by atoms with Crippen LogP contribution in [0.15, 0.2) is 54.6 Å². The van der Waals surface area contributed by atoms with E-state index in [0.717, 1.165) is 24.0 Å². The van der Waals surface area contributed by atoms with Gasteiger partial charge in [-0.2, -0.15) is 0 Å². The van der Waals surface area contributed by atoms with Crippen molar-refractivity contribution in [1.82, 2.24) is 10.6 Å². The zero-order valence-electron chi connectivity index (χ0n) is 16.5. The van der Waals surface area contributed by atoms with Gasteiger partial charge in [-0.1, -0.05) is 48.5 Å². The molecule has 1 atom stereocenters. The second-order valence-electron chi connectivity index (χ2n) is 7.27. The minimum atomic E-state index is -0.520. The molecule has 0 aliphatic heterocycles. The number of esters is 1. The number of nitrogens with one attached hydrogen (secondary N) is 2. The molecule has 0 radical (unpaired) electrons. The topological polar surface area (TPSA) is 84.5 Å². The number of amides is 2. The molecular weight excluding hydrogens is 368 g/mol. The Balaban J connectivity index is 1.38. The summed E-state index contributed by atoms with van der Waals surface area (Å²) < 4.78 is 5.05. The van der Waals surface area contributed by atoms with E-state index in [1.54, 1.807) is 12.1 Å². The summed E-state index contributed by atoms with van der Waals surface area (Å²) in [4.78, 5) is 36.2. The predicted octanol–water partition coefficient (Wildman–Crippen LogP) is 2.93. The molecule has 0 aromatic heterocycles. The molecule has 0 bridgehead atoms. The fourth-order valence-corrected chi connectivity index (χ4v) is 3.20. The van der Waals surface area contributed by atoms with Gasteiger partial charge in [-0.15, -0.1) is 0 Å². The molecule has 6 nitrogen and oxygen atoms in total. The lowest BCUT2D eigenvalue weighted by Crippen LogP contribution is -2.34. The minimum absolute atomic E-state index is 0.00956. The summed E-state index contributed by atoms with van der Waals surface area (Å²) in [5.41, 5.74) is 2.51. The fourth-order valence-electron chi connectivity index (χ4n) is 3.20. The monoisotopic (exact) mass is 394 g/mol. The number of carbonyl (C=O) groups is 3. The summed E-state index contributed by atoms with van der Waals surface area (Å²) in [5.74, 6) is -0.631. The van der Waals surface area contributed by atoms with Crippen LogP contribution in [0.3, 0.4) is 0 Å². The van der Waals surface area contributed by atoms with Gasteiger partial charge in [0, 0.05) is 12.1 Å². The molecule has 152 valence electrons. The lowest BCUT2D eigenvalue weighted by atomic mass is 10.0. The molecule has 29 heavy (non-hydrogen) atoms. The summed E-state index contributed by atoms with van der Waals surface area (Å²) in [5, 5.41) is 5.66. The van der Waals surface area contributed by atoms with Crippen molar-refractivity contribution in [2.75, 3.05) is 13.2 Å². The van der Waals surface area contributed by atoms with Crippen LogP contribution < -0.4 is 10.6 Å². The van der Waals surface area contributed by atoms with Crippen molar-refractivity contribution in [3.8, 4) is 0 Å². The van der Waals surface area contributed by atoms with E-state index in [0.29, 0.717) is 11.5 Å². The normalized spacial score (nSPS) is 14.0. The van der Waals surface area contributed by atoms with Gasteiger partial charge in [0.1, 0.15) is 0 Å². The lowest BCUT2D eigenvalue weighted by molar-refractivity contribution is -0.148. The second-order valence-corrected chi connectivity index (χ2v) is 7.27. The van der Waals surface area contributed by atoms with E-state index in [1.165, 1.54) is 0 Å². The van der Waals surface area contributed by atoms with Gasteiger partial charge in [-0.25, -0.2) is 0 Å². The second kappa shape index (κ2) is 9.87. The molecule has 0 spiro atoms. The molecule has 2 N–H and O–H groups in total. The Labute approximate surface area is 170 Å². The summed E-state index contributed by atoms with van der Waals surface area (Å²) >= 11 is 0. The van der Waals surface area contributed by atoms with E-state index < -0.39 is 5.97 Å². The molecule has 0 saturated heterocycles. The maximum Gasteiger partial charge on any atom is 0.308 e. The highest BCUT2D eigenvalue weighted by Crippen LogP contribution is 2.40. The summed E-state index contributed by atoms with van der Waals surface area (Å²) in [7, 11) is 0. The molecular formula is C23H26N2O4. The first-order chi connectivity index (χ1) is 14.0. The number of hydrogen-bond donors (Lipinski definition) is 2. The van der Waals surface area contributed by atoms with Crippen LogP contribution in [0.5, 0.6) is 0 Å². The average molecular weight is 394 g/mol. The Morgan fingerprint density at radius 1 is 1.03 bits per heavy atom. The largest absolute Gasteiger partial charge is 0.456 e. The van der Waals surface area contributed by atoms with Gasteiger partial charge in [-0.3, -0.25) is 14.4 Å². The van der Waals surface area contributed by atoms with Gasteiger partial charge in [-0.05, 0) is 42.9 Å².